The number of hydrogen-bond acceptors (Lipinski definition) is 1. The summed E-state index contributed by atoms with van der Waals surface area (Å²) in [5, 5.41) is 2.53. The topological polar surface area (TPSA) is 17.1 Å². The molecule has 0 atom stereocenters. The van der Waals surface area contributed by atoms with Crippen molar-refractivity contribution in [2.75, 3.05) is 0 Å². The lowest BCUT2D eigenvalue weighted by molar-refractivity contribution is 0.112. The lowest BCUT2D eigenvalue weighted by Gasteiger charge is -2.04. The van der Waals surface area contributed by atoms with E-state index in [1.807, 2.05) is 24.3 Å². The molecule has 3 aromatic carbocycles. The minimum atomic E-state index is 0.724. The highest BCUT2D eigenvalue weighted by Gasteiger charge is 1.99. The van der Waals surface area contributed by atoms with E-state index < -0.39 is 0 Å². The number of fused-ring (bicyclic) bond motifs is 1. The molecular weight excluding hydrogens is 232 g/mol. The van der Waals surface area contributed by atoms with Crippen LogP contribution in [0.25, 0.3) is 10.8 Å². The Balaban J connectivity index is 1.89. The van der Waals surface area contributed by atoms with Gasteiger partial charge in [0.05, 0.1) is 0 Å². The second-order valence-electron chi connectivity index (χ2n) is 4.72. The third kappa shape index (κ3) is 2.55. The van der Waals surface area contributed by atoms with Crippen LogP contribution in [0, 0.1) is 0 Å². The summed E-state index contributed by atoms with van der Waals surface area (Å²) in [5.41, 5.74) is 3.24. The zero-order valence-electron chi connectivity index (χ0n) is 10.5. The summed E-state index contributed by atoms with van der Waals surface area (Å²) in [5.74, 6) is 0. The molecule has 0 radical (unpaired) electrons. The quantitative estimate of drug-likeness (QED) is 0.632. The zero-order chi connectivity index (χ0) is 13.1. The van der Waals surface area contributed by atoms with Gasteiger partial charge in [0.2, 0.25) is 0 Å². The first-order chi connectivity index (χ1) is 9.35. The van der Waals surface area contributed by atoms with E-state index in [2.05, 4.69) is 42.5 Å². The highest BCUT2D eigenvalue weighted by Crippen LogP contribution is 2.18. The highest BCUT2D eigenvalue weighted by atomic mass is 16.1. The minimum Gasteiger partial charge on any atom is -0.298 e. The molecular formula is C18H14O. The molecule has 3 aromatic rings. The van der Waals surface area contributed by atoms with E-state index in [9.17, 15) is 4.79 Å². The van der Waals surface area contributed by atoms with Crippen molar-refractivity contribution >= 4 is 17.1 Å². The average molecular weight is 246 g/mol. The predicted octanol–water partition coefficient (Wildman–Crippen LogP) is 4.24. The number of aldehydes is 1. The fourth-order valence-electron chi connectivity index (χ4n) is 2.30. The minimum absolute atomic E-state index is 0.724. The van der Waals surface area contributed by atoms with Crippen molar-refractivity contribution in [3.63, 3.8) is 0 Å². The van der Waals surface area contributed by atoms with Crippen LogP contribution in [-0.2, 0) is 6.42 Å². The predicted molar refractivity (Wildman–Crippen MR) is 78.6 cm³/mol. The van der Waals surface area contributed by atoms with Gasteiger partial charge in [0.15, 0.2) is 0 Å². The summed E-state index contributed by atoms with van der Waals surface area (Å²) >= 11 is 0. The molecule has 0 heterocycles. The molecule has 0 aliphatic carbocycles. The summed E-state index contributed by atoms with van der Waals surface area (Å²) < 4.78 is 0. The maximum atomic E-state index is 10.6. The maximum Gasteiger partial charge on any atom is 0.150 e. The Bertz CT molecular complexity index is 711. The Labute approximate surface area is 112 Å². The lowest BCUT2D eigenvalue weighted by Crippen LogP contribution is -1.89. The fourth-order valence-corrected chi connectivity index (χ4v) is 2.30. The normalized spacial score (nSPS) is 10.5. The van der Waals surface area contributed by atoms with Crippen molar-refractivity contribution in [3.8, 4) is 0 Å². The molecule has 1 heteroatoms. The van der Waals surface area contributed by atoms with Gasteiger partial charge in [-0.3, -0.25) is 4.79 Å². The second-order valence-corrected chi connectivity index (χ2v) is 4.72. The Kier molecular flexibility index (Phi) is 3.11. The van der Waals surface area contributed by atoms with Gasteiger partial charge in [-0.2, -0.15) is 0 Å². The van der Waals surface area contributed by atoms with Gasteiger partial charge < -0.3 is 0 Å². The molecule has 0 unspecified atom stereocenters. The van der Waals surface area contributed by atoms with Gasteiger partial charge in [-0.1, -0.05) is 66.7 Å². The Hall–Kier alpha value is -2.41. The molecule has 0 N–H and O–H groups in total. The van der Waals surface area contributed by atoms with Gasteiger partial charge in [0, 0.05) is 5.56 Å². The van der Waals surface area contributed by atoms with Crippen LogP contribution in [-0.4, -0.2) is 6.29 Å². The fraction of sp³-hybridized carbons (Fsp3) is 0.0556. The van der Waals surface area contributed by atoms with E-state index in [4.69, 9.17) is 0 Å². The molecule has 3 rings (SSSR count). The van der Waals surface area contributed by atoms with Crippen molar-refractivity contribution in [2.45, 2.75) is 6.42 Å². The third-order valence-electron chi connectivity index (χ3n) is 3.34. The number of carbonyl (C=O) groups excluding carboxylic acids is 1. The lowest BCUT2D eigenvalue weighted by atomic mass is 10.0. The zero-order valence-corrected chi connectivity index (χ0v) is 10.5. The molecule has 1 nitrogen and oxygen atoms in total. The van der Waals surface area contributed by atoms with Crippen molar-refractivity contribution in [3.05, 3.63) is 83.4 Å². The summed E-state index contributed by atoms with van der Waals surface area (Å²) in [4.78, 5) is 10.6. The highest BCUT2D eigenvalue weighted by molar-refractivity contribution is 5.83. The first-order valence-corrected chi connectivity index (χ1v) is 6.37. The number of benzene rings is 3. The molecule has 0 aromatic heterocycles. The third-order valence-corrected chi connectivity index (χ3v) is 3.34. The van der Waals surface area contributed by atoms with Crippen LogP contribution in [0.15, 0.2) is 66.7 Å². The van der Waals surface area contributed by atoms with Gasteiger partial charge in [-0.25, -0.2) is 0 Å². The van der Waals surface area contributed by atoms with Crippen LogP contribution in [0.5, 0.6) is 0 Å². The average Bonchev–Trinajstić information content (AvgIpc) is 2.48. The van der Waals surface area contributed by atoms with Crippen molar-refractivity contribution in [1.82, 2.24) is 0 Å². The van der Waals surface area contributed by atoms with E-state index >= 15 is 0 Å². The van der Waals surface area contributed by atoms with Crippen molar-refractivity contribution in [2.24, 2.45) is 0 Å². The van der Waals surface area contributed by atoms with Crippen LogP contribution in [0.4, 0.5) is 0 Å². The van der Waals surface area contributed by atoms with E-state index in [0.29, 0.717) is 0 Å². The molecule has 0 amide bonds. The van der Waals surface area contributed by atoms with Crippen LogP contribution >= 0.6 is 0 Å². The van der Waals surface area contributed by atoms with Gasteiger partial charge in [-0.05, 0) is 28.3 Å². The molecule has 19 heavy (non-hydrogen) atoms. The second kappa shape index (κ2) is 5.07. The number of hydrogen-bond donors (Lipinski definition) is 0. The SMILES string of the molecule is O=Cc1ccc(Cc2ccc3ccccc3c2)cc1. The van der Waals surface area contributed by atoms with Gasteiger partial charge in [-0.15, -0.1) is 0 Å². The molecule has 0 saturated carbocycles. The standard InChI is InChI=1S/C18H14O/c19-13-15-7-5-14(6-8-15)11-16-9-10-17-3-1-2-4-18(17)12-16/h1-10,12-13H,11H2. The maximum absolute atomic E-state index is 10.6. The summed E-state index contributed by atoms with van der Waals surface area (Å²) in [6, 6.07) is 22.7. The Morgan fingerprint density at radius 2 is 1.42 bits per heavy atom. The van der Waals surface area contributed by atoms with Crippen molar-refractivity contribution < 1.29 is 4.79 Å². The summed E-state index contributed by atoms with van der Waals surface area (Å²) in [6.07, 6.45) is 1.77. The largest absolute Gasteiger partial charge is 0.298 e. The van der Waals surface area contributed by atoms with Crippen LogP contribution < -0.4 is 0 Å². The molecule has 92 valence electrons. The smallest absolute Gasteiger partial charge is 0.150 e. The van der Waals surface area contributed by atoms with E-state index in [1.165, 1.54) is 21.9 Å². The molecule has 0 bridgehead atoms. The monoisotopic (exact) mass is 246 g/mol. The van der Waals surface area contributed by atoms with E-state index in [-0.39, 0.29) is 0 Å². The number of carbonyl (C=O) groups is 1. The molecule has 0 aliphatic rings. The molecule has 0 saturated heterocycles. The number of rotatable bonds is 3. The molecule has 0 fully saturated rings. The Morgan fingerprint density at radius 3 is 2.16 bits per heavy atom. The first-order valence-electron chi connectivity index (χ1n) is 6.37. The van der Waals surface area contributed by atoms with Gasteiger partial charge in [0.25, 0.3) is 0 Å². The van der Waals surface area contributed by atoms with Crippen LogP contribution in [0.2, 0.25) is 0 Å². The van der Waals surface area contributed by atoms with E-state index in [1.54, 1.807) is 0 Å². The summed E-state index contributed by atoms with van der Waals surface area (Å²) in [6.45, 7) is 0. The van der Waals surface area contributed by atoms with Crippen LogP contribution in [0.3, 0.4) is 0 Å². The molecule has 0 spiro atoms. The van der Waals surface area contributed by atoms with Crippen LogP contribution in [0.1, 0.15) is 21.5 Å². The van der Waals surface area contributed by atoms with Gasteiger partial charge in [0.1, 0.15) is 6.29 Å². The Morgan fingerprint density at radius 1 is 0.737 bits per heavy atom. The van der Waals surface area contributed by atoms with Gasteiger partial charge >= 0.3 is 0 Å². The van der Waals surface area contributed by atoms with Crippen molar-refractivity contribution in [1.29, 1.82) is 0 Å². The first kappa shape index (κ1) is 11.7. The molecule has 0 aliphatic heterocycles. The summed E-state index contributed by atoms with van der Waals surface area (Å²) in [7, 11) is 0. The van der Waals surface area contributed by atoms with E-state index in [0.717, 1.165) is 18.3 Å².